The van der Waals surface area contributed by atoms with Gasteiger partial charge in [0.1, 0.15) is 0 Å². The van der Waals surface area contributed by atoms with Gasteiger partial charge in [0.2, 0.25) is 0 Å². The fraction of sp³-hybridized carbons (Fsp3) is 0.0909. The molecule has 0 nitrogen and oxygen atoms in total. The standard InChI is InChI=1S/C20H14.C2H6/c1-3-15-16-11-5-8-14-9-6-12-18(20(14)16)17-10-4-7-13(2)19(15)17;1-2/h3-12H,1-2H2;1-2H3. The molecule has 0 heterocycles. The third-order valence-electron chi connectivity index (χ3n) is 4.11. The average molecular weight is 284 g/mol. The predicted molar refractivity (Wildman–Crippen MR) is 101 cm³/mol. The molecule has 0 fully saturated rings. The van der Waals surface area contributed by atoms with E-state index in [1.165, 1.54) is 37.9 Å². The Labute approximate surface area is 131 Å². The Morgan fingerprint density at radius 1 is 0.727 bits per heavy atom. The molecule has 0 aliphatic carbocycles. The zero-order valence-electron chi connectivity index (χ0n) is 13.2. The van der Waals surface area contributed by atoms with Crippen molar-refractivity contribution in [3.8, 4) is 0 Å². The van der Waals surface area contributed by atoms with Crippen LogP contribution in [0, 0.1) is 0 Å². The van der Waals surface area contributed by atoms with Crippen LogP contribution >= 0.6 is 0 Å². The normalized spacial score (nSPS) is 10.6. The van der Waals surface area contributed by atoms with Crippen molar-refractivity contribution >= 4 is 45.0 Å². The van der Waals surface area contributed by atoms with E-state index in [4.69, 9.17) is 0 Å². The van der Waals surface area contributed by atoms with Gasteiger partial charge in [0.25, 0.3) is 0 Å². The fourth-order valence-electron chi connectivity index (χ4n) is 3.28. The van der Waals surface area contributed by atoms with Crippen LogP contribution in [-0.2, 0) is 0 Å². The topological polar surface area (TPSA) is 0 Å². The molecule has 0 aromatic heterocycles. The molecule has 4 aromatic carbocycles. The van der Waals surface area contributed by atoms with E-state index in [2.05, 4.69) is 67.8 Å². The van der Waals surface area contributed by atoms with E-state index in [0.717, 1.165) is 5.22 Å². The summed E-state index contributed by atoms with van der Waals surface area (Å²) in [5, 5.41) is 8.69. The highest BCUT2D eigenvalue weighted by Gasteiger charge is 2.11. The molecule has 0 heteroatoms. The number of benzene rings is 4. The molecule has 4 aromatic rings. The molecule has 0 aliphatic heterocycles. The highest BCUT2D eigenvalue weighted by Crippen LogP contribution is 2.35. The van der Waals surface area contributed by atoms with E-state index >= 15 is 0 Å². The molecule has 0 spiro atoms. The lowest BCUT2D eigenvalue weighted by molar-refractivity contribution is 1.50. The van der Waals surface area contributed by atoms with E-state index in [9.17, 15) is 0 Å². The van der Waals surface area contributed by atoms with E-state index in [1.54, 1.807) is 0 Å². The molecule has 0 radical (unpaired) electrons. The van der Waals surface area contributed by atoms with Crippen molar-refractivity contribution in [3.05, 3.63) is 72.0 Å². The molecule has 0 saturated carbocycles. The summed E-state index contributed by atoms with van der Waals surface area (Å²) >= 11 is 0. The maximum absolute atomic E-state index is 4.20. The third-order valence-corrected chi connectivity index (χ3v) is 4.11. The summed E-state index contributed by atoms with van der Waals surface area (Å²) in [6.45, 7) is 12.2. The minimum Gasteiger partial charge on any atom is -0.0984 e. The second-order valence-electron chi connectivity index (χ2n) is 5.17. The number of hydrogen-bond donors (Lipinski definition) is 0. The summed E-state index contributed by atoms with van der Waals surface area (Å²) in [4.78, 5) is 0. The quantitative estimate of drug-likeness (QED) is 0.299. The molecule has 0 aliphatic rings. The van der Waals surface area contributed by atoms with Crippen LogP contribution in [0.25, 0.3) is 45.0 Å². The highest BCUT2D eigenvalue weighted by molar-refractivity contribution is 6.24. The van der Waals surface area contributed by atoms with Gasteiger partial charge in [-0.25, -0.2) is 0 Å². The molecule has 108 valence electrons. The van der Waals surface area contributed by atoms with Crippen molar-refractivity contribution in [2.75, 3.05) is 0 Å². The van der Waals surface area contributed by atoms with Gasteiger partial charge < -0.3 is 0 Å². The molecule has 22 heavy (non-hydrogen) atoms. The first-order chi connectivity index (χ1) is 10.8. The summed E-state index contributed by atoms with van der Waals surface area (Å²) in [7, 11) is 0. The first-order valence-corrected chi connectivity index (χ1v) is 7.78. The number of rotatable bonds is 1. The van der Waals surface area contributed by atoms with Gasteiger partial charge in [0.15, 0.2) is 0 Å². The van der Waals surface area contributed by atoms with Crippen LogP contribution in [0.3, 0.4) is 0 Å². The van der Waals surface area contributed by atoms with Crippen molar-refractivity contribution in [1.82, 2.24) is 0 Å². The molecule has 0 N–H and O–H groups in total. The lowest BCUT2D eigenvalue weighted by Gasteiger charge is -2.13. The van der Waals surface area contributed by atoms with Crippen molar-refractivity contribution in [2.45, 2.75) is 13.8 Å². The van der Waals surface area contributed by atoms with Crippen molar-refractivity contribution in [3.63, 3.8) is 0 Å². The van der Waals surface area contributed by atoms with E-state index in [-0.39, 0.29) is 0 Å². The first-order valence-electron chi connectivity index (χ1n) is 7.78. The van der Waals surface area contributed by atoms with Gasteiger partial charge in [-0.3, -0.25) is 0 Å². The molecule has 0 amide bonds. The smallest absolute Gasteiger partial charge is 0.00264 e. The van der Waals surface area contributed by atoms with Gasteiger partial charge in [-0.15, -0.1) is 0 Å². The van der Waals surface area contributed by atoms with Crippen molar-refractivity contribution in [1.29, 1.82) is 0 Å². The zero-order valence-corrected chi connectivity index (χ0v) is 13.2. The zero-order chi connectivity index (χ0) is 15.7. The second kappa shape index (κ2) is 5.65. The Balaban J connectivity index is 0.000000693. The Hall–Kier alpha value is -2.60. The maximum atomic E-state index is 4.20. The second-order valence-corrected chi connectivity index (χ2v) is 5.17. The Morgan fingerprint density at radius 3 is 1.91 bits per heavy atom. The lowest BCUT2D eigenvalue weighted by atomic mass is 9.90. The summed E-state index contributed by atoms with van der Waals surface area (Å²) in [6, 6.07) is 19.3. The van der Waals surface area contributed by atoms with Crippen LogP contribution in [0.4, 0.5) is 0 Å². The van der Waals surface area contributed by atoms with Crippen LogP contribution in [0.2, 0.25) is 0 Å². The lowest BCUT2D eigenvalue weighted by Crippen LogP contribution is -2.01. The van der Waals surface area contributed by atoms with Gasteiger partial charge in [0, 0.05) is 0 Å². The Morgan fingerprint density at radius 2 is 1.27 bits per heavy atom. The SMILES string of the molecule is C=Cc1c2cccc3cccc(c4cccc(=C)c14)c32.CC. The van der Waals surface area contributed by atoms with E-state index < -0.39 is 0 Å². The maximum Gasteiger partial charge on any atom is -0.00264 e. The van der Waals surface area contributed by atoms with Crippen molar-refractivity contribution in [2.24, 2.45) is 0 Å². The molecule has 4 rings (SSSR count). The third kappa shape index (κ3) is 1.92. The monoisotopic (exact) mass is 284 g/mol. The van der Waals surface area contributed by atoms with Gasteiger partial charge in [-0.2, -0.15) is 0 Å². The van der Waals surface area contributed by atoms with Gasteiger partial charge in [-0.05, 0) is 43.1 Å². The van der Waals surface area contributed by atoms with Crippen LogP contribution in [0.1, 0.15) is 19.4 Å². The largest absolute Gasteiger partial charge is 0.0984 e. The molecule has 0 atom stereocenters. The number of fused-ring (bicyclic) bond motifs is 2. The summed E-state index contributed by atoms with van der Waals surface area (Å²) < 4.78 is 0. The molecule has 0 saturated heterocycles. The van der Waals surface area contributed by atoms with Crippen molar-refractivity contribution < 1.29 is 0 Å². The van der Waals surface area contributed by atoms with Gasteiger partial charge in [0.05, 0.1) is 0 Å². The van der Waals surface area contributed by atoms with E-state index in [1.807, 2.05) is 19.9 Å². The molecule has 0 bridgehead atoms. The summed E-state index contributed by atoms with van der Waals surface area (Å²) in [5.41, 5.74) is 1.19. The number of hydrogen-bond acceptors (Lipinski definition) is 0. The van der Waals surface area contributed by atoms with Gasteiger partial charge in [-0.1, -0.05) is 87.7 Å². The molecule has 0 unspecified atom stereocenters. The first kappa shape index (κ1) is 14.3. The molecular weight excluding hydrogens is 264 g/mol. The van der Waals surface area contributed by atoms with Crippen LogP contribution < -0.4 is 5.22 Å². The van der Waals surface area contributed by atoms with Crippen LogP contribution in [-0.4, -0.2) is 0 Å². The minimum atomic E-state index is 1.06. The van der Waals surface area contributed by atoms with Gasteiger partial charge >= 0.3 is 0 Å². The fourth-order valence-corrected chi connectivity index (χ4v) is 3.28. The van der Waals surface area contributed by atoms with Crippen LogP contribution in [0.15, 0.2) is 61.2 Å². The summed E-state index contributed by atoms with van der Waals surface area (Å²) in [6.07, 6.45) is 1.96. The summed E-state index contributed by atoms with van der Waals surface area (Å²) in [5.74, 6) is 0. The Kier molecular flexibility index (Phi) is 3.68. The highest BCUT2D eigenvalue weighted by atomic mass is 14.1. The van der Waals surface area contributed by atoms with Crippen LogP contribution in [0.5, 0.6) is 0 Å². The Bertz CT molecular complexity index is 1020. The molecular formula is C22H20. The average Bonchev–Trinajstić information content (AvgIpc) is 2.58. The predicted octanol–water partition coefficient (Wildman–Crippen LogP) is 5.94. The van der Waals surface area contributed by atoms with E-state index in [0.29, 0.717) is 0 Å². The minimum absolute atomic E-state index is 1.06.